The van der Waals surface area contributed by atoms with E-state index in [1.165, 1.54) is 31.4 Å². The second-order valence-corrected chi connectivity index (χ2v) is 10.1. The molecule has 1 amide bonds. The van der Waals surface area contributed by atoms with Gasteiger partial charge >= 0.3 is 0 Å². The van der Waals surface area contributed by atoms with E-state index in [4.69, 9.17) is 9.47 Å². The summed E-state index contributed by atoms with van der Waals surface area (Å²) in [5.74, 6) is 3.52. The molecule has 32 heavy (non-hydrogen) atoms. The molecule has 4 heterocycles. The van der Waals surface area contributed by atoms with Crippen molar-refractivity contribution in [3.63, 3.8) is 0 Å². The minimum Gasteiger partial charge on any atom is -0.489 e. The van der Waals surface area contributed by atoms with Crippen LogP contribution >= 0.6 is 0 Å². The highest BCUT2D eigenvalue weighted by molar-refractivity contribution is 5.76. The average molecular weight is 443 g/mol. The summed E-state index contributed by atoms with van der Waals surface area (Å²) in [6.45, 7) is 7.80. The number of anilines is 1. The Balaban J connectivity index is 0.988. The fourth-order valence-corrected chi connectivity index (χ4v) is 5.76. The predicted molar refractivity (Wildman–Crippen MR) is 124 cm³/mol. The van der Waals surface area contributed by atoms with E-state index in [0.717, 1.165) is 89.2 Å². The molecule has 1 aromatic heterocycles. The van der Waals surface area contributed by atoms with E-state index >= 15 is 0 Å². The number of ether oxygens (including phenoxy) is 2. The van der Waals surface area contributed by atoms with Crippen LogP contribution in [0.15, 0.2) is 12.3 Å². The van der Waals surface area contributed by atoms with Crippen molar-refractivity contribution in [3.05, 3.63) is 17.8 Å². The SMILES string of the molecule is O=C(CC1CCOC1)NC1CCC(CCN2CCN(c3nccc4c3OCC4)CC2)CC1. The van der Waals surface area contributed by atoms with Crippen molar-refractivity contribution in [1.29, 1.82) is 0 Å². The summed E-state index contributed by atoms with van der Waals surface area (Å²) in [5.41, 5.74) is 1.30. The molecule has 4 aliphatic rings. The molecular weight excluding hydrogens is 404 g/mol. The van der Waals surface area contributed by atoms with Crippen molar-refractivity contribution in [3.8, 4) is 5.75 Å². The van der Waals surface area contributed by atoms with Crippen molar-refractivity contribution in [1.82, 2.24) is 15.2 Å². The lowest BCUT2D eigenvalue weighted by atomic mass is 9.84. The fraction of sp³-hybridized carbons (Fsp3) is 0.760. The van der Waals surface area contributed by atoms with Crippen molar-refractivity contribution in [2.24, 2.45) is 11.8 Å². The van der Waals surface area contributed by atoms with Gasteiger partial charge in [0.15, 0.2) is 11.6 Å². The van der Waals surface area contributed by atoms with Crippen LogP contribution in [0.1, 0.15) is 50.5 Å². The number of hydrogen-bond acceptors (Lipinski definition) is 6. The van der Waals surface area contributed by atoms with Gasteiger partial charge in [-0.25, -0.2) is 4.98 Å². The summed E-state index contributed by atoms with van der Waals surface area (Å²) in [6.07, 6.45) is 10.6. The normalized spacial score (nSPS) is 28.4. The predicted octanol–water partition coefficient (Wildman–Crippen LogP) is 2.63. The van der Waals surface area contributed by atoms with E-state index in [1.54, 1.807) is 0 Å². The Kier molecular flexibility index (Phi) is 7.13. The van der Waals surface area contributed by atoms with Gasteiger partial charge in [-0.1, -0.05) is 0 Å². The number of aromatic nitrogens is 1. The van der Waals surface area contributed by atoms with E-state index in [-0.39, 0.29) is 5.91 Å². The van der Waals surface area contributed by atoms with Crippen LogP contribution in [0.25, 0.3) is 0 Å². The van der Waals surface area contributed by atoms with Crippen LogP contribution in [0.5, 0.6) is 5.75 Å². The third kappa shape index (κ3) is 5.37. The van der Waals surface area contributed by atoms with Crippen molar-refractivity contribution in [2.45, 2.75) is 57.4 Å². The largest absolute Gasteiger partial charge is 0.489 e. The molecule has 0 radical (unpaired) electrons. The molecule has 1 N–H and O–H groups in total. The number of nitrogens with zero attached hydrogens (tertiary/aromatic N) is 3. The lowest BCUT2D eigenvalue weighted by molar-refractivity contribution is -0.123. The summed E-state index contributed by atoms with van der Waals surface area (Å²) in [6, 6.07) is 2.47. The Hall–Kier alpha value is -1.86. The molecule has 3 fully saturated rings. The zero-order valence-electron chi connectivity index (χ0n) is 19.3. The monoisotopic (exact) mass is 442 g/mol. The van der Waals surface area contributed by atoms with Crippen molar-refractivity contribution >= 4 is 11.7 Å². The smallest absolute Gasteiger partial charge is 0.220 e. The van der Waals surface area contributed by atoms with Gasteiger partial charge in [0.1, 0.15) is 0 Å². The lowest BCUT2D eigenvalue weighted by Crippen LogP contribution is -2.47. The number of piperazine rings is 1. The molecule has 1 saturated carbocycles. The van der Waals surface area contributed by atoms with Gasteiger partial charge in [-0.3, -0.25) is 9.69 Å². The standard InChI is InChI=1S/C25H38N4O3/c30-23(17-20-7-15-31-18-20)27-22-3-1-19(2-4-22)6-10-28-11-13-29(14-12-28)25-24-21(5-9-26-25)8-16-32-24/h5,9,19-20,22H,1-4,6-8,10-18H2,(H,27,30). The summed E-state index contributed by atoms with van der Waals surface area (Å²) < 4.78 is 11.2. The molecule has 176 valence electrons. The van der Waals surface area contributed by atoms with Gasteiger partial charge in [0.2, 0.25) is 5.91 Å². The molecule has 1 unspecified atom stereocenters. The molecule has 0 aromatic carbocycles. The van der Waals surface area contributed by atoms with E-state index in [0.29, 0.717) is 18.4 Å². The van der Waals surface area contributed by atoms with Gasteiger partial charge in [0.25, 0.3) is 0 Å². The molecular formula is C25H38N4O3. The van der Waals surface area contributed by atoms with Crippen molar-refractivity contribution in [2.75, 3.05) is 57.4 Å². The minimum absolute atomic E-state index is 0.228. The highest BCUT2D eigenvalue weighted by Gasteiger charge is 2.27. The minimum atomic E-state index is 0.228. The molecule has 1 aliphatic carbocycles. The Labute approximate surface area is 191 Å². The van der Waals surface area contributed by atoms with Crippen LogP contribution in [0.4, 0.5) is 5.82 Å². The average Bonchev–Trinajstić information content (AvgIpc) is 3.51. The van der Waals surface area contributed by atoms with Gasteiger partial charge < -0.3 is 19.7 Å². The van der Waals surface area contributed by atoms with E-state index < -0.39 is 0 Å². The maximum Gasteiger partial charge on any atom is 0.220 e. The van der Waals surface area contributed by atoms with Gasteiger partial charge in [-0.05, 0) is 63.0 Å². The molecule has 0 spiro atoms. The number of rotatable bonds is 7. The first kappa shape index (κ1) is 22.0. The van der Waals surface area contributed by atoms with Crippen LogP contribution in [0.2, 0.25) is 0 Å². The van der Waals surface area contributed by atoms with Crippen LogP contribution in [0, 0.1) is 11.8 Å². The lowest BCUT2D eigenvalue weighted by Gasteiger charge is -2.37. The molecule has 7 nitrogen and oxygen atoms in total. The molecule has 7 heteroatoms. The van der Waals surface area contributed by atoms with Gasteiger partial charge in [0, 0.05) is 70.0 Å². The van der Waals surface area contributed by atoms with Gasteiger partial charge in [-0.15, -0.1) is 0 Å². The van der Waals surface area contributed by atoms with Gasteiger partial charge in [-0.2, -0.15) is 0 Å². The number of nitrogens with one attached hydrogen (secondary N) is 1. The Morgan fingerprint density at radius 1 is 1.06 bits per heavy atom. The van der Waals surface area contributed by atoms with E-state index in [2.05, 4.69) is 26.2 Å². The molecule has 2 saturated heterocycles. The number of hydrogen-bond donors (Lipinski definition) is 1. The molecule has 1 atom stereocenters. The van der Waals surface area contributed by atoms with E-state index in [9.17, 15) is 4.79 Å². The number of fused-ring (bicyclic) bond motifs is 1. The quantitative estimate of drug-likeness (QED) is 0.700. The van der Waals surface area contributed by atoms with E-state index in [1.807, 2.05) is 6.20 Å². The molecule has 5 rings (SSSR count). The second-order valence-electron chi connectivity index (χ2n) is 10.1. The number of amides is 1. The summed E-state index contributed by atoms with van der Waals surface area (Å²) in [7, 11) is 0. The number of pyridine rings is 1. The Bertz CT molecular complexity index is 766. The Morgan fingerprint density at radius 3 is 2.69 bits per heavy atom. The summed E-state index contributed by atoms with van der Waals surface area (Å²) >= 11 is 0. The van der Waals surface area contributed by atoms with Crippen LogP contribution < -0.4 is 15.0 Å². The molecule has 0 bridgehead atoms. The number of carbonyl (C=O) groups is 1. The Morgan fingerprint density at radius 2 is 1.91 bits per heavy atom. The summed E-state index contributed by atoms with van der Waals surface area (Å²) in [5, 5.41) is 3.28. The molecule has 3 aliphatic heterocycles. The first-order chi connectivity index (χ1) is 15.7. The summed E-state index contributed by atoms with van der Waals surface area (Å²) in [4.78, 5) is 21.9. The van der Waals surface area contributed by atoms with Crippen LogP contribution in [-0.4, -0.2) is 74.4 Å². The fourth-order valence-electron chi connectivity index (χ4n) is 5.76. The maximum absolute atomic E-state index is 12.3. The third-order valence-electron chi connectivity index (χ3n) is 7.82. The molecule has 1 aromatic rings. The second kappa shape index (κ2) is 10.4. The first-order valence-electron chi connectivity index (χ1n) is 12.7. The third-order valence-corrected chi connectivity index (χ3v) is 7.82. The first-order valence-corrected chi connectivity index (χ1v) is 12.7. The van der Waals surface area contributed by atoms with Crippen LogP contribution in [0.3, 0.4) is 0 Å². The van der Waals surface area contributed by atoms with Gasteiger partial charge in [0.05, 0.1) is 6.61 Å². The highest BCUT2D eigenvalue weighted by atomic mass is 16.5. The topological polar surface area (TPSA) is 66.9 Å². The van der Waals surface area contributed by atoms with Crippen molar-refractivity contribution < 1.29 is 14.3 Å². The zero-order valence-corrected chi connectivity index (χ0v) is 19.3. The zero-order chi connectivity index (χ0) is 21.8. The number of carbonyl (C=O) groups excluding carboxylic acids is 1. The van der Waals surface area contributed by atoms with Crippen LogP contribution in [-0.2, 0) is 16.0 Å². The highest BCUT2D eigenvalue weighted by Crippen LogP contribution is 2.34. The maximum atomic E-state index is 12.3.